The summed E-state index contributed by atoms with van der Waals surface area (Å²) in [5, 5.41) is 124. The summed E-state index contributed by atoms with van der Waals surface area (Å²) in [6, 6.07) is 0. The summed E-state index contributed by atoms with van der Waals surface area (Å²) < 4.78 is 48.9. The van der Waals surface area contributed by atoms with Gasteiger partial charge >= 0.3 is 5.97 Å². The average Bonchev–Trinajstić information content (AvgIpc) is 3.07. The average molecular weight is 723 g/mol. The Morgan fingerprint density at radius 2 is 1.02 bits per heavy atom. The van der Waals surface area contributed by atoms with Crippen molar-refractivity contribution in [2.45, 2.75) is 130 Å². The minimum atomic E-state index is -2.02. The van der Waals surface area contributed by atoms with Crippen LogP contribution in [0.1, 0.15) is 6.92 Å². The first-order valence-electron chi connectivity index (χ1n) is 15.4. The van der Waals surface area contributed by atoms with E-state index >= 15 is 0 Å². The molecule has 4 saturated heterocycles. The number of aliphatic hydroxyl groups excluding tert-OH is 12. The third kappa shape index (κ3) is 8.66. The Morgan fingerprint density at radius 3 is 1.57 bits per heavy atom. The van der Waals surface area contributed by atoms with Crippen molar-refractivity contribution in [1.82, 2.24) is 0 Å². The maximum Gasteiger partial charge on any atom is 0.303 e. The molecular formula is C27H46O22. The Balaban J connectivity index is 1.46. The molecule has 12 N–H and O–H groups in total. The van der Waals surface area contributed by atoms with Gasteiger partial charge in [-0.15, -0.1) is 0 Å². The van der Waals surface area contributed by atoms with Gasteiger partial charge in [0.05, 0.1) is 26.4 Å². The molecular weight excluding hydrogens is 676 g/mol. The van der Waals surface area contributed by atoms with Crippen LogP contribution in [0.25, 0.3) is 0 Å². The van der Waals surface area contributed by atoms with Crippen molar-refractivity contribution in [3.05, 3.63) is 0 Å². The third-order valence-corrected chi connectivity index (χ3v) is 8.70. The molecule has 0 aliphatic carbocycles. The van der Waals surface area contributed by atoms with E-state index in [-0.39, 0.29) is 0 Å². The first kappa shape index (κ1) is 40.4. The molecule has 0 aromatic heterocycles. The lowest BCUT2D eigenvalue weighted by Gasteiger charge is -2.48. The van der Waals surface area contributed by atoms with Crippen molar-refractivity contribution in [3.8, 4) is 0 Å². The summed E-state index contributed by atoms with van der Waals surface area (Å²) in [5.41, 5.74) is 0. The first-order chi connectivity index (χ1) is 23.2. The number of hydrogen-bond acceptors (Lipinski definition) is 22. The molecule has 22 nitrogen and oxygen atoms in total. The van der Waals surface area contributed by atoms with E-state index in [0.717, 1.165) is 6.92 Å². The molecule has 49 heavy (non-hydrogen) atoms. The van der Waals surface area contributed by atoms with Gasteiger partial charge in [-0.3, -0.25) is 4.79 Å². The smallest absolute Gasteiger partial charge is 0.303 e. The molecule has 286 valence electrons. The molecule has 4 fully saturated rings. The van der Waals surface area contributed by atoms with Crippen molar-refractivity contribution in [1.29, 1.82) is 0 Å². The molecule has 20 atom stereocenters. The Bertz CT molecular complexity index is 1040. The standard InChI is InChI=1S/C27H46O22/c1-7(31)43-23-19(39)24(40)44-10(5-30)22(23)49-26-18(38)15(35)21(9(4-29)46-26)48-27-17(37)14(34)20(41-2)11(47-27)6-42-25-16(36)13(33)12(32)8(3-28)45-25/h8-30,32-40H,3-6H2,1-2H3/t8?,9?,10?,11?,12-,13+,14-,15-,16?,17?,18?,19?,20-,21-,22-,23-,24+,25-,26-,27-/m0/s1. The van der Waals surface area contributed by atoms with Gasteiger partial charge in [0.25, 0.3) is 0 Å². The third-order valence-electron chi connectivity index (χ3n) is 8.70. The van der Waals surface area contributed by atoms with Crippen LogP contribution in [-0.2, 0) is 47.4 Å². The Kier molecular flexibility index (Phi) is 14.4. The zero-order valence-corrected chi connectivity index (χ0v) is 26.3. The van der Waals surface area contributed by atoms with Gasteiger partial charge < -0.3 is 104 Å². The molecule has 22 heteroatoms. The fourth-order valence-electron chi connectivity index (χ4n) is 6.03. The monoisotopic (exact) mass is 722 g/mol. The van der Waals surface area contributed by atoms with Gasteiger partial charge in [0.2, 0.25) is 0 Å². The van der Waals surface area contributed by atoms with E-state index in [1.165, 1.54) is 7.11 Å². The fourth-order valence-corrected chi connectivity index (χ4v) is 6.03. The summed E-state index contributed by atoms with van der Waals surface area (Å²) in [6.45, 7) is -2.01. The minimum absolute atomic E-state index is 0.559. The fraction of sp³-hybridized carbons (Fsp3) is 0.963. The normalized spacial score (nSPS) is 49.4. The van der Waals surface area contributed by atoms with E-state index in [2.05, 4.69) is 0 Å². The number of aliphatic hydroxyl groups is 12. The number of rotatable bonds is 12. The molecule has 0 radical (unpaired) electrons. The summed E-state index contributed by atoms with van der Waals surface area (Å²) in [6.07, 6.45) is -33.6. The molecule has 0 amide bonds. The molecule has 4 heterocycles. The Morgan fingerprint density at radius 1 is 0.531 bits per heavy atom. The molecule has 4 aliphatic rings. The van der Waals surface area contributed by atoms with Gasteiger partial charge in [-0.2, -0.15) is 0 Å². The lowest BCUT2D eigenvalue weighted by Crippen LogP contribution is -2.67. The van der Waals surface area contributed by atoms with Crippen LogP contribution in [0.5, 0.6) is 0 Å². The highest BCUT2D eigenvalue weighted by atomic mass is 16.8. The number of carbonyl (C=O) groups is 1. The van der Waals surface area contributed by atoms with Crippen LogP contribution in [0, 0.1) is 0 Å². The molecule has 4 rings (SSSR count). The van der Waals surface area contributed by atoms with Crippen molar-refractivity contribution >= 4 is 5.97 Å². The molecule has 0 spiro atoms. The number of carbonyl (C=O) groups excluding carboxylic acids is 1. The van der Waals surface area contributed by atoms with E-state index in [9.17, 15) is 66.1 Å². The van der Waals surface area contributed by atoms with Gasteiger partial charge in [-0.25, -0.2) is 0 Å². The van der Waals surface area contributed by atoms with Crippen LogP contribution >= 0.6 is 0 Å². The highest BCUT2D eigenvalue weighted by Crippen LogP contribution is 2.34. The summed E-state index contributed by atoms with van der Waals surface area (Å²) in [5.74, 6) is -0.906. The Labute approximate surface area is 278 Å². The van der Waals surface area contributed by atoms with Crippen molar-refractivity contribution in [2.75, 3.05) is 33.5 Å². The van der Waals surface area contributed by atoms with Crippen LogP contribution < -0.4 is 0 Å². The molecule has 8 unspecified atom stereocenters. The maximum atomic E-state index is 11.7. The molecule has 0 aromatic rings. The first-order valence-corrected chi connectivity index (χ1v) is 15.4. The molecule has 4 aliphatic heterocycles. The number of ether oxygens (including phenoxy) is 9. The van der Waals surface area contributed by atoms with Crippen LogP contribution in [0.15, 0.2) is 0 Å². The minimum Gasteiger partial charge on any atom is -0.457 e. The zero-order chi connectivity index (χ0) is 36.3. The predicted octanol–water partition coefficient (Wildman–Crippen LogP) is -8.52. The van der Waals surface area contributed by atoms with Gasteiger partial charge in [-0.1, -0.05) is 0 Å². The number of methoxy groups -OCH3 is 1. The number of hydrogen-bond donors (Lipinski definition) is 12. The van der Waals surface area contributed by atoms with Crippen molar-refractivity contribution in [3.63, 3.8) is 0 Å². The van der Waals surface area contributed by atoms with Crippen LogP contribution in [0.2, 0.25) is 0 Å². The van der Waals surface area contributed by atoms with E-state index in [4.69, 9.17) is 42.6 Å². The predicted molar refractivity (Wildman–Crippen MR) is 148 cm³/mol. The maximum absolute atomic E-state index is 11.7. The molecule has 0 saturated carbocycles. The van der Waals surface area contributed by atoms with Crippen molar-refractivity contribution < 1.29 is 109 Å². The van der Waals surface area contributed by atoms with E-state index in [0.29, 0.717) is 0 Å². The van der Waals surface area contributed by atoms with Crippen LogP contribution in [0.4, 0.5) is 0 Å². The summed E-state index contributed by atoms with van der Waals surface area (Å²) in [4.78, 5) is 11.7. The SMILES string of the molecule is CO[C@H]1C(CO[C@H]2OC(CO)[C@H](O)[C@@H](O)C2O)O[C@@H](O[C@H]2C(CO)O[C@@H](O[C@H]3C(CO)O[C@@H](O)C(O)[C@@H]3OC(C)=O)C(O)[C@@H]2O)C(O)[C@@H]1O. The number of esters is 1. The molecule has 0 aromatic carbocycles. The second-order valence-corrected chi connectivity index (χ2v) is 12.0. The second kappa shape index (κ2) is 17.5. The highest BCUT2D eigenvalue weighted by molar-refractivity contribution is 5.66. The topological polar surface area (TPSA) is 343 Å². The van der Waals surface area contributed by atoms with E-state index in [1.54, 1.807) is 0 Å². The van der Waals surface area contributed by atoms with Crippen LogP contribution in [-0.4, -0.2) is 224 Å². The lowest BCUT2D eigenvalue weighted by molar-refractivity contribution is -0.380. The summed E-state index contributed by atoms with van der Waals surface area (Å²) >= 11 is 0. The van der Waals surface area contributed by atoms with Gasteiger partial charge in [0, 0.05) is 14.0 Å². The van der Waals surface area contributed by atoms with Gasteiger partial charge in [-0.05, 0) is 0 Å². The lowest BCUT2D eigenvalue weighted by atomic mass is 9.96. The van der Waals surface area contributed by atoms with Gasteiger partial charge in [0.15, 0.2) is 31.3 Å². The highest BCUT2D eigenvalue weighted by Gasteiger charge is 2.55. The Hall–Kier alpha value is -1.33. The van der Waals surface area contributed by atoms with Gasteiger partial charge in [0.1, 0.15) is 91.6 Å². The van der Waals surface area contributed by atoms with Crippen molar-refractivity contribution in [2.24, 2.45) is 0 Å². The van der Waals surface area contributed by atoms with Crippen LogP contribution in [0.3, 0.4) is 0 Å². The summed E-state index contributed by atoms with van der Waals surface area (Å²) in [7, 11) is 1.17. The van der Waals surface area contributed by atoms with E-state index < -0.39 is 155 Å². The quantitative estimate of drug-likeness (QED) is 0.0832. The molecule has 0 bridgehead atoms. The van der Waals surface area contributed by atoms with E-state index in [1.807, 2.05) is 0 Å². The largest absolute Gasteiger partial charge is 0.457 e. The second-order valence-electron chi connectivity index (χ2n) is 12.0. The zero-order valence-electron chi connectivity index (χ0n) is 26.3.